The smallest absolute Gasteiger partial charge is 0.223 e. The number of carbonyl (C=O) groups excluding carboxylic acids is 1. The van der Waals surface area contributed by atoms with Gasteiger partial charge >= 0.3 is 0 Å². The lowest BCUT2D eigenvalue weighted by Gasteiger charge is -2.33. The maximum Gasteiger partial charge on any atom is 0.223 e. The Morgan fingerprint density at radius 3 is 2.43 bits per heavy atom. The summed E-state index contributed by atoms with van der Waals surface area (Å²) < 4.78 is 0. The lowest BCUT2D eigenvalue weighted by atomic mass is 9.86. The molecule has 14 heavy (non-hydrogen) atoms. The Hall–Kier alpha value is -0.570. The van der Waals surface area contributed by atoms with E-state index in [9.17, 15) is 4.79 Å². The van der Waals surface area contributed by atoms with E-state index in [1.54, 1.807) is 0 Å². The van der Waals surface area contributed by atoms with Crippen LogP contribution in [0.3, 0.4) is 0 Å². The molecule has 3 nitrogen and oxygen atoms in total. The minimum atomic E-state index is 0.201. The molecule has 1 aliphatic carbocycles. The van der Waals surface area contributed by atoms with Crippen LogP contribution in [-0.2, 0) is 4.79 Å². The van der Waals surface area contributed by atoms with Gasteiger partial charge in [-0.2, -0.15) is 0 Å². The quantitative estimate of drug-likeness (QED) is 0.744. The lowest BCUT2D eigenvalue weighted by molar-refractivity contribution is -0.132. The van der Waals surface area contributed by atoms with Crippen molar-refractivity contribution in [2.24, 2.45) is 11.7 Å². The molecule has 3 heteroatoms. The molecule has 1 fully saturated rings. The van der Waals surface area contributed by atoms with Crippen LogP contribution in [-0.4, -0.2) is 30.4 Å². The van der Waals surface area contributed by atoms with E-state index in [0.29, 0.717) is 19.0 Å². The van der Waals surface area contributed by atoms with Gasteiger partial charge in [0.15, 0.2) is 0 Å². The van der Waals surface area contributed by atoms with Crippen molar-refractivity contribution in [3.8, 4) is 0 Å². The van der Waals surface area contributed by atoms with Crippen LogP contribution < -0.4 is 5.73 Å². The van der Waals surface area contributed by atoms with E-state index in [1.165, 1.54) is 12.8 Å². The van der Waals surface area contributed by atoms with E-state index in [0.717, 1.165) is 18.8 Å². The summed E-state index contributed by atoms with van der Waals surface area (Å²) >= 11 is 0. The molecule has 2 N–H and O–H groups in total. The Kier molecular flexibility index (Phi) is 4.39. The number of nitrogens with two attached hydrogens (primary N) is 1. The fraction of sp³-hybridized carbons (Fsp3) is 0.909. The van der Waals surface area contributed by atoms with Crippen molar-refractivity contribution in [3.63, 3.8) is 0 Å². The molecule has 82 valence electrons. The molecule has 0 heterocycles. The van der Waals surface area contributed by atoms with Gasteiger partial charge in [0.05, 0.1) is 0 Å². The van der Waals surface area contributed by atoms with Crippen LogP contribution in [0.25, 0.3) is 0 Å². The highest BCUT2D eigenvalue weighted by Crippen LogP contribution is 2.26. The van der Waals surface area contributed by atoms with Gasteiger partial charge in [0.1, 0.15) is 0 Å². The lowest BCUT2D eigenvalue weighted by Crippen LogP contribution is -2.39. The second-order valence-corrected chi connectivity index (χ2v) is 4.46. The van der Waals surface area contributed by atoms with Gasteiger partial charge in [-0.05, 0) is 31.6 Å². The fourth-order valence-corrected chi connectivity index (χ4v) is 2.13. The van der Waals surface area contributed by atoms with Gasteiger partial charge in [0, 0.05) is 26.1 Å². The molecule has 0 aromatic rings. The number of hydrogen-bond donors (Lipinski definition) is 1. The minimum Gasteiger partial charge on any atom is -0.343 e. The largest absolute Gasteiger partial charge is 0.343 e. The average Bonchev–Trinajstić information content (AvgIpc) is 2.18. The summed E-state index contributed by atoms with van der Waals surface area (Å²) in [6.07, 6.45) is 5.32. The second-order valence-electron chi connectivity index (χ2n) is 4.46. The van der Waals surface area contributed by atoms with Gasteiger partial charge in [-0.1, -0.05) is 6.92 Å². The van der Waals surface area contributed by atoms with E-state index in [-0.39, 0.29) is 5.91 Å². The summed E-state index contributed by atoms with van der Waals surface area (Å²) in [5.41, 5.74) is 5.37. The summed E-state index contributed by atoms with van der Waals surface area (Å²) in [4.78, 5) is 13.5. The van der Waals surface area contributed by atoms with E-state index in [4.69, 9.17) is 5.73 Å². The van der Waals surface area contributed by atoms with Crippen LogP contribution in [0.1, 0.15) is 39.0 Å². The van der Waals surface area contributed by atoms with Gasteiger partial charge in [-0.25, -0.2) is 0 Å². The summed E-state index contributed by atoms with van der Waals surface area (Å²) in [7, 11) is 1.92. The fourth-order valence-electron chi connectivity index (χ4n) is 2.13. The monoisotopic (exact) mass is 198 g/mol. The topological polar surface area (TPSA) is 46.3 Å². The molecule has 1 aliphatic rings. The van der Waals surface area contributed by atoms with Crippen LogP contribution in [0.5, 0.6) is 0 Å². The highest BCUT2D eigenvalue weighted by molar-refractivity contribution is 5.76. The van der Waals surface area contributed by atoms with E-state index >= 15 is 0 Å². The Bertz CT molecular complexity index is 186. The zero-order valence-corrected chi connectivity index (χ0v) is 9.33. The molecule has 0 aromatic carbocycles. The molecule has 0 bridgehead atoms. The predicted molar refractivity (Wildman–Crippen MR) is 57.9 cm³/mol. The summed E-state index contributed by atoms with van der Waals surface area (Å²) in [5.74, 6) is 1.04. The molecule has 1 saturated carbocycles. The zero-order chi connectivity index (χ0) is 10.6. The van der Waals surface area contributed by atoms with Gasteiger partial charge in [0.25, 0.3) is 0 Å². The van der Waals surface area contributed by atoms with Crippen LogP contribution in [0, 0.1) is 5.92 Å². The molecule has 0 saturated heterocycles. The van der Waals surface area contributed by atoms with Crippen LogP contribution in [0.4, 0.5) is 0 Å². The molecule has 0 spiro atoms. The number of hydrogen-bond acceptors (Lipinski definition) is 2. The van der Waals surface area contributed by atoms with Crippen molar-refractivity contribution in [1.82, 2.24) is 4.90 Å². The molecule has 0 unspecified atom stereocenters. The number of amides is 1. The summed E-state index contributed by atoms with van der Waals surface area (Å²) in [6.45, 7) is 2.75. The number of rotatable bonds is 3. The first-order valence-corrected chi connectivity index (χ1v) is 5.61. The Labute approximate surface area is 86.6 Å². The third kappa shape index (κ3) is 2.98. The SMILES string of the molecule is CC1CCC(N(C)C(=O)CCN)CC1. The molecular formula is C11H22N2O. The number of nitrogens with zero attached hydrogens (tertiary/aromatic N) is 1. The Morgan fingerprint density at radius 1 is 1.36 bits per heavy atom. The Balaban J connectivity index is 2.37. The molecule has 1 rings (SSSR count). The van der Waals surface area contributed by atoms with Crippen molar-refractivity contribution in [3.05, 3.63) is 0 Å². The van der Waals surface area contributed by atoms with Crippen molar-refractivity contribution in [1.29, 1.82) is 0 Å². The van der Waals surface area contributed by atoms with Crippen LogP contribution in [0.2, 0.25) is 0 Å². The first-order chi connectivity index (χ1) is 6.65. The third-order valence-electron chi connectivity index (χ3n) is 3.28. The molecular weight excluding hydrogens is 176 g/mol. The Morgan fingerprint density at radius 2 is 1.93 bits per heavy atom. The van der Waals surface area contributed by atoms with Gasteiger partial charge in [-0.15, -0.1) is 0 Å². The standard InChI is InChI=1S/C11H22N2O/c1-9-3-5-10(6-4-9)13(2)11(14)7-8-12/h9-10H,3-8,12H2,1-2H3. The molecule has 0 aromatic heterocycles. The predicted octanol–water partition coefficient (Wildman–Crippen LogP) is 1.37. The van der Waals surface area contributed by atoms with Gasteiger partial charge < -0.3 is 10.6 Å². The maximum atomic E-state index is 11.6. The molecule has 0 atom stereocenters. The minimum absolute atomic E-state index is 0.201. The first-order valence-electron chi connectivity index (χ1n) is 5.61. The van der Waals surface area contributed by atoms with E-state index in [1.807, 2.05) is 11.9 Å². The molecule has 1 amide bonds. The van der Waals surface area contributed by atoms with E-state index < -0.39 is 0 Å². The summed E-state index contributed by atoms with van der Waals surface area (Å²) in [6, 6.07) is 0.463. The third-order valence-corrected chi connectivity index (χ3v) is 3.28. The van der Waals surface area contributed by atoms with Crippen molar-refractivity contribution < 1.29 is 4.79 Å². The number of carbonyl (C=O) groups is 1. The molecule has 0 aliphatic heterocycles. The average molecular weight is 198 g/mol. The van der Waals surface area contributed by atoms with Gasteiger partial charge in [0.2, 0.25) is 5.91 Å². The van der Waals surface area contributed by atoms with Crippen LogP contribution >= 0.6 is 0 Å². The highest BCUT2D eigenvalue weighted by Gasteiger charge is 2.23. The zero-order valence-electron chi connectivity index (χ0n) is 9.33. The maximum absolute atomic E-state index is 11.6. The van der Waals surface area contributed by atoms with Gasteiger partial charge in [-0.3, -0.25) is 4.79 Å². The van der Waals surface area contributed by atoms with Crippen molar-refractivity contribution in [2.45, 2.75) is 45.1 Å². The van der Waals surface area contributed by atoms with E-state index in [2.05, 4.69) is 6.92 Å². The molecule has 0 radical (unpaired) electrons. The van der Waals surface area contributed by atoms with Crippen molar-refractivity contribution in [2.75, 3.05) is 13.6 Å². The second kappa shape index (κ2) is 5.35. The normalized spacial score (nSPS) is 27.4. The summed E-state index contributed by atoms with van der Waals surface area (Å²) in [5, 5.41) is 0. The van der Waals surface area contributed by atoms with Crippen molar-refractivity contribution >= 4 is 5.91 Å². The van der Waals surface area contributed by atoms with Crippen LogP contribution in [0.15, 0.2) is 0 Å². The first kappa shape index (κ1) is 11.5. The highest BCUT2D eigenvalue weighted by atomic mass is 16.2.